The monoisotopic (exact) mass is 293 g/mol. The van der Waals surface area contributed by atoms with Crippen LogP contribution < -0.4 is 0 Å². The number of hydrogen-bond acceptors (Lipinski definition) is 4. The molecule has 0 aromatic carbocycles. The number of ether oxygens (including phenoxy) is 2. The summed E-state index contributed by atoms with van der Waals surface area (Å²) < 4.78 is 12.0. The van der Waals surface area contributed by atoms with Gasteiger partial charge in [-0.25, -0.2) is 0 Å². The Balaban J connectivity index is 1.73. The van der Waals surface area contributed by atoms with Crippen LogP contribution in [0.5, 0.6) is 0 Å². The molecule has 0 N–H and O–H groups in total. The molecule has 2 aliphatic rings. The molecule has 2 fully saturated rings. The van der Waals surface area contributed by atoms with Gasteiger partial charge in [-0.2, -0.15) is 0 Å². The lowest BCUT2D eigenvalue weighted by atomic mass is 10.1. The van der Waals surface area contributed by atoms with Crippen molar-refractivity contribution in [3.05, 3.63) is 34.5 Å². The predicted molar refractivity (Wildman–Crippen MR) is 82.2 cm³/mol. The van der Waals surface area contributed by atoms with E-state index < -0.39 is 0 Å². The second-order valence-corrected chi connectivity index (χ2v) is 6.64. The van der Waals surface area contributed by atoms with Crippen LogP contribution in [0.1, 0.15) is 23.3 Å². The third kappa shape index (κ3) is 2.84. The first kappa shape index (κ1) is 14.3. The third-order valence-corrected chi connectivity index (χ3v) is 5.40. The Morgan fingerprint density at radius 1 is 1.55 bits per heavy atom. The van der Waals surface area contributed by atoms with Crippen molar-refractivity contribution >= 4 is 11.3 Å². The molecule has 0 radical (unpaired) electrons. The van der Waals surface area contributed by atoms with Crippen LogP contribution in [0.4, 0.5) is 0 Å². The van der Waals surface area contributed by atoms with Gasteiger partial charge in [-0.15, -0.1) is 17.9 Å². The highest BCUT2D eigenvalue weighted by Gasteiger charge is 2.42. The molecule has 1 aliphatic heterocycles. The molecule has 1 aromatic heterocycles. The van der Waals surface area contributed by atoms with Crippen LogP contribution in [0.3, 0.4) is 0 Å². The summed E-state index contributed by atoms with van der Waals surface area (Å²) in [5, 5.41) is 2.18. The summed E-state index contributed by atoms with van der Waals surface area (Å²) in [5.41, 5.74) is 1.40. The number of nitrogens with zero attached hydrogens (tertiary/aromatic N) is 1. The lowest BCUT2D eigenvalue weighted by molar-refractivity contribution is -0.0447. The smallest absolute Gasteiger partial charge is 0.0995 e. The number of aryl methyl sites for hydroxylation is 1. The molecule has 3 rings (SSSR count). The summed E-state index contributed by atoms with van der Waals surface area (Å²) >= 11 is 1.86. The summed E-state index contributed by atoms with van der Waals surface area (Å²) in [6.45, 7) is 9.42. The van der Waals surface area contributed by atoms with E-state index in [0.717, 1.165) is 26.1 Å². The second kappa shape index (κ2) is 6.39. The van der Waals surface area contributed by atoms with Gasteiger partial charge >= 0.3 is 0 Å². The van der Waals surface area contributed by atoms with Crippen LogP contribution in [0, 0.1) is 6.92 Å². The van der Waals surface area contributed by atoms with Crippen LogP contribution in [0.15, 0.2) is 24.1 Å². The van der Waals surface area contributed by atoms with Gasteiger partial charge in [0.1, 0.15) is 0 Å². The first-order valence-electron chi connectivity index (χ1n) is 7.40. The van der Waals surface area contributed by atoms with Gasteiger partial charge in [0.05, 0.1) is 25.4 Å². The van der Waals surface area contributed by atoms with Crippen LogP contribution in [-0.4, -0.2) is 42.9 Å². The maximum Gasteiger partial charge on any atom is 0.0995 e. The Kier molecular flexibility index (Phi) is 4.56. The minimum Gasteiger partial charge on any atom is -0.374 e. The van der Waals surface area contributed by atoms with E-state index in [9.17, 15) is 0 Å². The lowest BCUT2D eigenvalue weighted by Crippen LogP contribution is -2.42. The predicted octanol–water partition coefficient (Wildman–Crippen LogP) is 2.99. The van der Waals surface area contributed by atoms with E-state index in [1.807, 2.05) is 17.4 Å². The zero-order valence-corrected chi connectivity index (χ0v) is 12.9. The van der Waals surface area contributed by atoms with Crippen molar-refractivity contribution in [2.75, 3.05) is 19.8 Å². The van der Waals surface area contributed by atoms with Crippen LogP contribution in [0.25, 0.3) is 0 Å². The van der Waals surface area contributed by atoms with E-state index in [4.69, 9.17) is 9.47 Å². The molecule has 1 aromatic rings. The summed E-state index contributed by atoms with van der Waals surface area (Å²) in [6, 6.07) is 2.70. The van der Waals surface area contributed by atoms with Crippen molar-refractivity contribution < 1.29 is 9.47 Å². The molecule has 1 saturated carbocycles. The normalized spacial score (nSPS) is 30.4. The van der Waals surface area contributed by atoms with E-state index in [2.05, 4.69) is 29.8 Å². The number of fused-ring (bicyclic) bond motifs is 2. The SMILES string of the molecule is C=CCO[C@@H]1[C@H]2CC[C@H]1OCCN2Cc1sccc1C. The zero-order chi connectivity index (χ0) is 13.9. The van der Waals surface area contributed by atoms with Gasteiger partial charge < -0.3 is 9.47 Å². The van der Waals surface area contributed by atoms with E-state index >= 15 is 0 Å². The average molecular weight is 293 g/mol. The second-order valence-electron chi connectivity index (χ2n) is 5.64. The summed E-state index contributed by atoms with van der Waals surface area (Å²) in [5.74, 6) is 0. The van der Waals surface area contributed by atoms with Gasteiger partial charge in [-0.3, -0.25) is 4.90 Å². The number of thiophene rings is 1. The largest absolute Gasteiger partial charge is 0.374 e. The fourth-order valence-electron chi connectivity index (χ4n) is 3.31. The molecule has 20 heavy (non-hydrogen) atoms. The van der Waals surface area contributed by atoms with E-state index in [1.165, 1.54) is 16.9 Å². The van der Waals surface area contributed by atoms with Gasteiger partial charge in [-0.05, 0) is 36.8 Å². The topological polar surface area (TPSA) is 21.7 Å². The highest BCUT2D eigenvalue weighted by Crippen LogP contribution is 2.33. The van der Waals surface area contributed by atoms with Gasteiger partial charge in [0.15, 0.2) is 0 Å². The quantitative estimate of drug-likeness (QED) is 0.779. The minimum absolute atomic E-state index is 0.204. The van der Waals surface area contributed by atoms with Crippen LogP contribution in [0.2, 0.25) is 0 Å². The summed E-state index contributed by atoms with van der Waals surface area (Å²) in [6.07, 6.45) is 4.60. The molecule has 110 valence electrons. The highest BCUT2D eigenvalue weighted by atomic mass is 32.1. The third-order valence-electron chi connectivity index (χ3n) is 4.39. The highest BCUT2D eigenvalue weighted by molar-refractivity contribution is 7.10. The van der Waals surface area contributed by atoms with Crippen LogP contribution >= 0.6 is 11.3 Å². The molecular weight excluding hydrogens is 270 g/mol. The van der Waals surface area contributed by atoms with Crippen molar-refractivity contribution in [1.29, 1.82) is 0 Å². The molecule has 3 atom stereocenters. The molecule has 0 spiro atoms. The van der Waals surface area contributed by atoms with Crippen molar-refractivity contribution in [3.63, 3.8) is 0 Å². The number of rotatable bonds is 5. The Morgan fingerprint density at radius 3 is 3.20 bits per heavy atom. The van der Waals surface area contributed by atoms with Crippen molar-refractivity contribution in [2.24, 2.45) is 0 Å². The summed E-state index contributed by atoms with van der Waals surface area (Å²) in [7, 11) is 0. The summed E-state index contributed by atoms with van der Waals surface area (Å²) in [4.78, 5) is 4.03. The van der Waals surface area contributed by atoms with Crippen LogP contribution in [-0.2, 0) is 16.0 Å². The minimum atomic E-state index is 0.204. The van der Waals surface area contributed by atoms with Gasteiger partial charge in [0.25, 0.3) is 0 Å². The molecule has 1 saturated heterocycles. The zero-order valence-electron chi connectivity index (χ0n) is 12.1. The Morgan fingerprint density at radius 2 is 2.45 bits per heavy atom. The molecule has 2 heterocycles. The molecule has 3 nitrogen and oxygen atoms in total. The fourth-order valence-corrected chi connectivity index (χ4v) is 4.24. The molecule has 1 aliphatic carbocycles. The van der Waals surface area contributed by atoms with Crippen molar-refractivity contribution in [3.8, 4) is 0 Å². The standard InChI is InChI=1S/C16H23NO2S/c1-3-8-19-16-13-4-5-14(16)18-9-7-17(13)11-15-12(2)6-10-20-15/h3,6,10,13-14,16H,1,4-5,7-9,11H2,2H3/t13-,14-,16-/m1/s1. The van der Waals surface area contributed by atoms with Gasteiger partial charge in [-0.1, -0.05) is 6.08 Å². The maximum absolute atomic E-state index is 6.00. The van der Waals surface area contributed by atoms with Crippen molar-refractivity contribution in [1.82, 2.24) is 4.90 Å². The molecule has 4 heteroatoms. The fraction of sp³-hybridized carbons (Fsp3) is 0.625. The Labute approximate surface area is 125 Å². The maximum atomic E-state index is 6.00. The van der Waals surface area contributed by atoms with Gasteiger partial charge in [0, 0.05) is 24.0 Å². The molecule has 0 unspecified atom stereocenters. The molecule has 0 amide bonds. The Hall–Kier alpha value is -0.680. The van der Waals surface area contributed by atoms with E-state index in [0.29, 0.717) is 12.6 Å². The lowest BCUT2D eigenvalue weighted by Gasteiger charge is -2.30. The Bertz CT molecular complexity index is 459. The molecule has 2 bridgehead atoms. The first-order chi connectivity index (χ1) is 9.79. The molecular formula is C16H23NO2S. The van der Waals surface area contributed by atoms with Crippen molar-refractivity contribution in [2.45, 2.75) is 44.6 Å². The van der Waals surface area contributed by atoms with E-state index in [-0.39, 0.29) is 12.2 Å². The number of hydrogen-bond donors (Lipinski definition) is 0. The van der Waals surface area contributed by atoms with E-state index in [1.54, 1.807) is 0 Å². The van der Waals surface area contributed by atoms with Gasteiger partial charge in [0.2, 0.25) is 0 Å². The average Bonchev–Trinajstić information content (AvgIpc) is 2.96. The first-order valence-corrected chi connectivity index (χ1v) is 8.28.